The van der Waals surface area contributed by atoms with Crippen LogP contribution in [0.2, 0.25) is 0 Å². The number of phosphoric ester groups is 1. The molecule has 1 unspecified atom stereocenters. The minimum Gasteiger partial charge on any atom is -0.469 e. The van der Waals surface area contributed by atoms with Crippen molar-refractivity contribution in [1.29, 1.82) is 0 Å². The van der Waals surface area contributed by atoms with Crippen molar-refractivity contribution in [2.24, 2.45) is 11.7 Å². The van der Waals surface area contributed by atoms with Crippen molar-refractivity contribution >= 4 is 13.8 Å². The van der Waals surface area contributed by atoms with E-state index in [1.165, 1.54) is 84.2 Å². The molecule has 0 radical (unpaired) electrons. The molecule has 10 heteroatoms. The summed E-state index contributed by atoms with van der Waals surface area (Å²) in [6.45, 7) is 7.30. The minimum absolute atomic E-state index is 0.0698. The average molecular weight is 610 g/mol. The molecule has 0 aliphatic rings. The second-order valence-electron chi connectivity index (χ2n) is 11.2. The standard InChI is InChI=1S/C31H64NO8P/c1-5-7-9-11-12-13-14-15-17-21-30(28(3)20-16-10-8-6-2)38-26-29(27-40-41(34,35)39-25-23-32)37-24-19-18-22-31(33)36-4/h28-30H,5-27,32H2,1-4H3,(H,34,35)/t28-,29+,30+/m0/s1. The molecule has 9 nitrogen and oxygen atoms in total. The average Bonchev–Trinajstić information content (AvgIpc) is 2.96. The summed E-state index contributed by atoms with van der Waals surface area (Å²) in [6.07, 6.45) is 19.8. The molecule has 246 valence electrons. The number of methoxy groups -OCH3 is 1. The lowest BCUT2D eigenvalue weighted by atomic mass is 9.93. The van der Waals surface area contributed by atoms with Crippen molar-refractivity contribution in [3.8, 4) is 0 Å². The van der Waals surface area contributed by atoms with Gasteiger partial charge in [-0.15, -0.1) is 0 Å². The quantitative estimate of drug-likeness (QED) is 0.0461. The number of ether oxygens (including phenoxy) is 3. The van der Waals surface area contributed by atoms with Crippen LogP contribution >= 0.6 is 7.82 Å². The molecule has 0 rings (SSSR count). The number of hydrogen-bond acceptors (Lipinski definition) is 8. The summed E-state index contributed by atoms with van der Waals surface area (Å²) >= 11 is 0. The highest BCUT2D eigenvalue weighted by molar-refractivity contribution is 7.47. The van der Waals surface area contributed by atoms with Gasteiger partial charge in [-0.1, -0.05) is 104 Å². The molecule has 0 aliphatic carbocycles. The van der Waals surface area contributed by atoms with Gasteiger partial charge in [0.15, 0.2) is 0 Å². The zero-order valence-electron chi connectivity index (χ0n) is 26.8. The van der Waals surface area contributed by atoms with E-state index in [9.17, 15) is 14.3 Å². The van der Waals surface area contributed by atoms with Gasteiger partial charge < -0.3 is 24.8 Å². The summed E-state index contributed by atoms with van der Waals surface area (Å²) in [5.74, 6) is 0.165. The van der Waals surface area contributed by atoms with Crippen LogP contribution in [-0.4, -0.2) is 63.2 Å². The van der Waals surface area contributed by atoms with Crippen molar-refractivity contribution in [3.05, 3.63) is 0 Å². The van der Waals surface area contributed by atoms with E-state index in [2.05, 4.69) is 25.5 Å². The predicted molar refractivity (Wildman–Crippen MR) is 166 cm³/mol. The molecule has 4 atom stereocenters. The Morgan fingerprint density at radius 1 is 0.756 bits per heavy atom. The maximum absolute atomic E-state index is 12.2. The first kappa shape index (κ1) is 40.5. The normalized spacial score (nSPS) is 15.4. The van der Waals surface area contributed by atoms with Crippen LogP contribution in [-0.2, 0) is 32.6 Å². The third-order valence-electron chi connectivity index (χ3n) is 7.39. The van der Waals surface area contributed by atoms with E-state index in [4.69, 9.17) is 24.3 Å². The number of phosphoric acid groups is 1. The van der Waals surface area contributed by atoms with Crippen LogP contribution in [0.4, 0.5) is 0 Å². The Kier molecular flexibility index (Phi) is 27.9. The molecule has 0 saturated carbocycles. The Bertz CT molecular complexity index is 639. The van der Waals surface area contributed by atoms with Crippen LogP contribution in [0.25, 0.3) is 0 Å². The monoisotopic (exact) mass is 609 g/mol. The number of carbonyl (C=O) groups excluding carboxylic acids is 1. The van der Waals surface area contributed by atoms with Crippen LogP contribution in [0, 0.1) is 5.92 Å². The van der Waals surface area contributed by atoms with Gasteiger partial charge in [0.25, 0.3) is 0 Å². The summed E-state index contributed by atoms with van der Waals surface area (Å²) < 4.78 is 39.4. The highest BCUT2D eigenvalue weighted by Crippen LogP contribution is 2.43. The van der Waals surface area contributed by atoms with Crippen molar-refractivity contribution in [1.82, 2.24) is 0 Å². The molecule has 0 heterocycles. The fourth-order valence-corrected chi connectivity index (χ4v) is 5.51. The highest BCUT2D eigenvalue weighted by Gasteiger charge is 2.25. The third kappa shape index (κ3) is 25.7. The van der Waals surface area contributed by atoms with E-state index in [1.54, 1.807) is 0 Å². The summed E-state index contributed by atoms with van der Waals surface area (Å²) in [6, 6.07) is 0. The van der Waals surface area contributed by atoms with Crippen LogP contribution in [0.5, 0.6) is 0 Å². The molecule has 0 amide bonds. The van der Waals surface area contributed by atoms with Crippen molar-refractivity contribution in [3.63, 3.8) is 0 Å². The zero-order chi connectivity index (χ0) is 30.6. The smallest absolute Gasteiger partial charge is 0.469 e. The molecule has 3 N–H and O–H groups in total. The van der Waals surface area contributed by atoms with Crippen LogP contribution in [0.1, 0.15) is 136 Å². The van der Waals surface area contributed by atoms with Crippen LogP contribution < -0.4 is 5.73 Å². The summed E-state index contributed by atoms with van der Waals surface area (Å²) in [7, 11) is -2.85. The van der Waals surface area contributed by atoms with E-state index < -0.39 is 13.9 Å². The van der Waals surface area contributed by atoms with Crippen molar-refractivity contribution in [2.75, 3.05) is 40.1 Å². The molecule has 0 aliphatic heterocycles. The van der Waals surface area contributed by atoms with Gasteiger partial charge in [0.2, 0.25) is 0 Å². The molecule has 0 aromatic heterocycles. The Labute approximate surface area is 251 Å². The predicted octanol–water partition coefficient (Wildman–Crippen LogP) is 7.72. The number of nitrogens with two attached hydrogens (primary N) is 1. The zero-order valence-corrected chi connectivity index (χ0v) is 27.7. The molecule has 0 saturated heterocycles. The van der Waals surface area contributed by atoms with Gasteiger partial charge in [-0.25, -0.2) is 4.57 Å². The first-order valence-electron chi connectivity index (χ1n) is 16.4. The molecule has 0 bridgehead atoms. The number of rotatable bonds is 31. The summed E-state index contributed by atoms with van der Waals surface area (Å²) in [4.78, 5) is 21.3. The fraction of sp³-hybridized carbons (Fsp3) is 0.968. The molecule has 0 fully saturated rings. The van der Waals surface area contributed by atoms with E-state index in [0.29, 0.717) is 31.8 Å². The van der Waals surface area contributed by atoms with Crippen LogP contribution in [0.15, 0.2) is 0 Å². The fourth-order valence-electron chi connectivity index (χ4n) is 4.75. The first-order valence-corrected chi connectivity index (χ1v) is 17.9. The number of unbranched alkanes of at least 4 members (excludes halogenated alkanes) is 12. The second-order valence-corrected chi connectivity index (χ2v) is 12.7. The summed E-state index contributed by atoms with van der Waals surface area (Å²) in [5, 5.41) is 0. The number of carbonyl (C=O) groups is 1. The molecule has 0 aromatic rings. The van der Waals surface area contributed by atoms with Gasteiger partial charge in [0.1, 0.15) is 6.10 Å². The Hall–Kier alpha value is -0.540. The third-order valence-corrected chi connectivity index (χ3v) is 8.37. The molecule has 41 heavy (non-hydrogen) atoms. The van der Waals surface area contributed by atoms with Gasteiger partial charge in [-0.2, -0.15) is 0 Å². The lowest BCUT2D eigenvalue weighted by Gasteiger charge is -2.27. The largest absolute Gasteiger partial charge is 0.472 e. The minimum atomic E-state index is -4.23. The lowest BCUT2D eigenvalue weighted by Crippen LogP contribution is -2.31. The van der Waals surface area contributed by atoms with E-state index in [-0.39, 0.29) is 38.4 Å². The van der Waals surface area contributed by atoms with E-state index in [1.807, 2.05) is 0 Å². The first-order chi connectivity index (χ1) is 19.8. The van der Waals surface area contributed by atoms with E-state index in [0.717, 1.165) is 19.3 Å². The molecular weight excluding hydrogens is 545 g/mol. The topological polar surface area (TPSA) is 127 Å². The molecule has 0 aromatic carbocycles. The maximum atomic E-state index is 12.2. The Morgan fingerprint density at radius 2 is 1.34 bits per heavy atom. The van der Waals surface area contributed by atoms with Gasteiger partial charge in [-0.05, 0) is 31.6 Å². The lowest BCUT2D eigenvalue weighted by molar-refractivity contribution is -0.140. The van der Waals surface area contributed by atoms with Gasteiger partial charge in [0.05, 0.1) is 33.0 Å². The van der Waals surface area contributed by atoms with Crippen molar-refractivity contribution in [2.45, 2.75) is 149 Å². The van der Waals surface area contributed by atoms with E-state index >= 15 is 0 Å². The SMILES string of the molecule is CCCCCCCCCCC[C@@H](OC[C@H](COP(=O)(O)OCCN)OCCCCC(=O)OC)[C@@H](C)CCCCCC. The maximum Gasteiger partial charge on any atom is 0.472 e. The second kappa shape index (κ2) is 28.2. The highest BCUT2D eigenvalue weighted by atomic mass is 31.2. The van der Waals surface area contributed by atoms with Crippen LogP contribution in [0.3, 0.4) is 0 Å². The number of hydrogen-bond donors (Lipinski definition) is 2. The van der Waals surface area contributed by atoms with Gasteiger partial charge >= 0.3 is 13.8 Å². The van der Waals surface area contributed by atoms with Gasteiger partial charge in [0, 0.05) is 19.6 Å². The summed E-state index contributed by atoms with van der Waals surface area (Å²) in [5.41, 5.74) is 5.38. The van der Waals surface area contributed by atoms with Crippen molar-refractivity contribution < 1.29 is 37.5 Å². The Balaban J connectivity index is 4.94. The van der Waals surface area contributed by atoms with Gasteiger partial charge in [-0.3, -0.25) is 13.8 Å². The Morgan fingerprint density at radius 3 is 1.95 bits per heavy atom. The molecular formula is C31H64NO8P. The molecule has 0 spiro atoms. The number of esters is 1.